The minimum absolute atomic E-state index is 0.136. The third-order valence-corrected chi connectivity index (χ3v) is 6.92. The number of piperazine rings is 1. The molecule has 0 spiro atoms. The van der Waals surface area contributed by atoms with Crippen LogP contribution >= 0.6 is 24.0 Å². The van der Waals surface area contributed by atoms with Crippen LogP contribution in [0.15, 0.2) is 28.0 Å². The summed E-state index contributed by atoms with van der Waals surface area (Å²) in [6.07, 6.45) is 2.91. The minimum Gasteiger partial charge on any atom is -0.469 e. The van der Waals surface area contributed by atoms with Gasteiger partial charge in [0, 0.05) is 26.3 Å². The summed E-state index contributed by atoms with van der Waals surface area (Å²) in [7, 11) is 2.81. The second-order valence-electron chi connectivity index (χ2n) is 7.61. The van der Waals surface area contributed by atoms with E-state index in [0.29, 0.717) is 23.1 Å². The SMILES string of the molecule is COC(=O)C[C@@H]1C(=O)NCCN1c1nc2ccc(C)cn2c(=O)c1/C=C1\SC(=S)N(C)C1=O. The summed E-state index contributed by atoms with van der Waals surface area (Å²) in [5.74, 6) is -1.05. The molecule has 2 saturated heterocycles. The third-order valence-electron chi connectivity index (χ3n) is 5.44. The van der Waals surface area contributed by atoms with Crippen molar-refractivity contribution in [2.75, 3.05) is 32.1 Å². The van der Waals surface area contributed by atoms with Gasteiger partial charge in [-0.1, -0.05) is 30.0 Å². The molecule has 4 rings (SSSR count). The van der Waals surface area contributed by atoms with E-state index in [2.05, 4.69) is 10.3 Å². The molecule has 0 unspecified atom stereocenters. The Bertz CT molecular complexity index is 1290. The van der Waals surface area contributed by atoms with Gasteiger partial charge in [-0.3, -0.25) is 28.5 Å². The van der Waals surface area contributed by atoms with Gasteiger partial charge in [0.2, 0.25) is 5.91 Å². The van der Waals surface area contributed by atoms with E-state index in [0.717, 1.165) is 17.3 Å². The molecule has 0 aliphatic carbocycles. The summed E-state index contributed by atoms with van der Waals surface area (Å²) in [4.78, 5) is 58.7. The number of ether oxygens (including phenoxy) is 1. The number of anilines is 1. The average Bonchev–Trinajstić information content (AvgIpc) is 3.03. The molecule has 2 aliphatic rings. The van der Waals surface area contributed by atoms with E-state index in [9.17, 15) is 19.2 Å². The van der Waals surface area contributed by atoms with E-state index in [1.165, 1.54) is 22.5 Å². The molecule has 4 heterocycles. The Hall–Kier alpha value is -3.25. The number of hydrogen-bond acceptors (Lipinski definition) is 9. The van der Waals surface area contributed by atoms with Crippen molar-refractivity contribution in [1.29, 1.82) is 0 Å². The Morgan fingerprint density at radius 1 is 1.36 bits per heavy atom. The van der Waals surface area contributed by atoms with Crippen LogP contribution in [0, 0.1) is 6.92 Å². The van der Waals surface area contributed by atoms with Crippen molar-refractivity contribution < 1.29 is 19.1 Å². The number of fused-ring (bicyclic) bond motifs is 1. The van der Waals surface area contributed by atoms with Crippen LogP contribution in [0.3, 0.4) is 0 Å². The lowest BCUT2D eigenvalue weighted by atomic mass is 10.1. The highest BCUT2D eigenvalue weighted by atomic mass is 32.2. The van der Waals surface area contributed by atoms with Gasteiger partial charge < -0.3 is 15.0 Å². The second-order valence-corrected chi connectivity index (χ2v) is 9.29. The fourth-order valence-corrected chi connectivity index (χ4v) is 4.84. The van der Waals surface area contributed by atoms with Crippen LogP contribution in [0.1, 0.15) is 17.5 Å². The number of thiocarbonyl (C=S) groups is 1. The van der Waals surface area contributed by atoms with Gasteiger partial charge in [-0.25, -0.2) is 4.98 Å². The van der Waals surface area contributed by atoms with Crippen molar-refractivity contribution in [1.82, 2.24) is 19.6 Å². The highest BCUT2D eigenvalue weighted by molar-refractivity contribution is 8.26. The number of rotatable bonds is 4. The lowest BCUT2D eigenvalue weighted by molar-refractivity contribution is -0.143. The number of methoxy groups -OCH3 is 1. The van der Waals surface area contributed by atoms with Crippen molar-refractivity contribution in [2.45, 2.75) is 19.4 Å². The quantitative estimate of drug-likeness (QED) is 0.378. The molecule has 1 N–H and O–H groups in total. The first-order valence-electron chi connectivity index (χ1n) is 10.1. The van der Waals surface area contributed by atoms with E-state index in [4.69, 9.17) is 17.0 Å². The fraction of sp³-hybridized carbons (Fsp3) is 0.333. The van der Waals surface area contributed by atoms with Crippen LogP contribution in [0.4, 0.5) is 5.82 Å². The zero-order valence-corrected chi connectivity index (χ0v) is 19.8. The number of aryl methyl sites for hydroxylation is 1. The summed E-state index contributed by atoms with van der Waals surface area (Å²) >= 11 is 6.29. The van der Waals surface area contributed by atoms with E-state index in [-0.39, 0.29) is 34.5 Å². The van der Waals surface area contributed by atoms with Crippen molar-refractivity contribution >= 4 is 63.6 Å². The van der Waals surface area contributed by atoms with Crippen molar-refractivity contribution in [3.63, 3.8) is 0 Å². The number of amides is 2. The lowest BCUT2D eigenvalue weighted by Crippen LogP contribution is -2.57. The molecule has 2 fully saturated rings. The van der Waals surface area contributed by atoms with Crippen LogP contribution in [0.25, 0.3) is 11.7 Å². The average molecular weight is 488 g/mol. The molecule has 0 bridgehead atoms. The second kappa shape index (κ2) is 8.94. The molecule has 2 amide bonds. The van der Waals surface area contributed by atoms with Gasteiger partial charge in [-0.2, -0.15) is 0 Å². The Morgan fingerprint density at radius 3 is 2.79 bits per heavy atom. The number of pyridine rings is 1. The maximum Gasteiger partial charge on any atom is 0.308 e. The van der Waals surface area contributed by atoms with Crippen LogP contribution in [0.2, 0.25) is 0 Å². The molecule has 172 valence electrons. The number of carbonyl (C=O) groups excluding carboxylic acids is 3. The summed E-state index contributed by atoms with van der Waals surface area (Å²) in [5, 5.41) is 2.73. The molecule has 2 aromatic heterocycles. The van der Waals surface area contributed by atoms with Gasteiger partial charge in [0.25, 0.3) is 11.5 Å². The fourth-order valence-electron chi connectivity index (χ4n) is 3.68. The van der Waals surface area contributed by atoms with Gasteiger partial charge >= 0.3 is 5.97 Å². The van der Waals surface area contributed by atoms with Gasteiger partial charge in [-0.05, 0) is 24.6 Å². The smallest absolute Gasteiger partial charge is 0.308 e. The monoisotopic (exact) mass is 487 g/mol. The van der Waals surface area contributed by atoms with Crippen molar-refractivity contribution in [2.24, 2.45) is 0 Å². The molecule has 0 radical (unpaired) electrons. The highest BCUT2D eigenvalue weighted by Gasteiger charge is 2.36. The Morgan fingerprint density at radius 2 is 2.12 bits per heavy atom. The Balaban J connectivity index is 1.94. The van der Waals surface area contributed by atoms with E-state index in [1.807, 2.05) is 13.0 Å². The summed E-state index contributed by atoms with van der Waals surface area (Å²) < 4.78 is 6.53. The van der Waals surface area contributed by atoms with Crippen LogP contribution in [0.5, 0.6) is 0 Å². The summed E-state index contributed by atoms with van der Waals surface area (Å²) in [6, 6.07) is 2.61. The number of carbonyl (C=O) groups is 3. The molecular weight excluding hydrogens is 466 g/mol. The highest BCUT2D eigenvalue weighted by Crippen LogP contribution is 2.33. The number of thioether (sulfide) groups is 1. The molecular formula is C21H21N5O5S2. The van der Waals surface area contributed by atoms with Crippen molar-refractivity contribution in [3.8, 4) is 0 Å². The number of likely N-dealkylation sites (N-methyl/N-ethyl adjacent to an activating group) is 1. The first-order valence-corrected chi connectivity index (χ1v) is 11.3. The number of nitrogens with one attached hydrogen (secondary N) is 1. The van der Waals surface area contributed by atoms with Gasteiger partial charge in [-0.15, -0.1) is 0 Å². The molecule has 2 aliphatic heterocycles. The first kappa shape index (κ1) is 22.9. The predicted octanol–water partition coefficient (Wildman–Crippen LogP) is 0.702. The number of hydrogen-bond donors (Lipinski definition) is 1. The van der Waals surface area contributed by atoms with Gasteiger partial charge in [0.1, 0.15) is 21.8 Å². The first-order chi connectivity index (χ1) is 15.7. The molecule has 2 aromatic rings. The van der Waals surface area contributed by atoms with Crippen molar-refractivity contribution in [3.05, 3.63) is 44.7 Å². The molecule has 0 aromatic carbocycles. The maximum atomic E-state index is 13.6. The Kier molecular flexibility index (Phi) is 6.21. The summed E-state index contributed by atoms with van der Waals surface area (Å²) in [5.41, 5.74) is 0.967. The predicted molar refractivity (Wildman–Crippen MR) is 128 cm³/mol. The topological polar surface area (TPSA) is 113 Å². The van der Waals surface area contributed by atoms with Crippen LogP contribution in [-0.4, -0.2) is 69.7 Å². The molecule has 10 nitrogen and oxygen atoms in total. The van der Waals surface area contributed by atoms with E-state index < -0.39 is 17.6 Å². The molecule has 33 heavy (non-hydrogen) atoms. The zero-order valence-electron chi connectivity index (χ0n) is 18.2. The molecule has 1 atom stereocenters. The standard InChI is InChI=1S/C21H21N5O5S2/c1-11-4-5-15-23-17(25-7-6-22-18(28)13(25)9-16(27)31-3)12(19(29)26(15)10-11)8-14-20(30)24(2)21(32)33-14/h4-5,8,10,13H,6-7,9H2,1-3H3,(H,22,28)/b14-8-/t13-/m1/s1. The van der Waals surface area contributed by atoms with Crippen LogP contribution < -0.4 is 15.8 Å². The van der Waals surface area contributed by atoms with E-state index >= 15 is 0 Å². The number of nitrogens with zero attached hydrogens (tertiary/aromatic N) is 4. The van der Waals surface area contributed by atoms with Gasteiger partial charge in [0.15, 0.2) is 0 Å². The Labute approximate surface area is 198 Å². The third kappa shape index (κ3) is 4.23. The minimum atomic E-state index is -0.918. The maximum absolute atomic E-state index is 13.6. The number of esters is 1. The zero-order chi connectivity index (χ0) is 23.9. The van der Waals surface area contributed by atoms with Gasteiger partial charge in [0.05, 0.1) is 24.0 Å². The molecule has 0 saturated carbocycles. The largest absolute Gasteiger partial charge is 0.469 e. The number of aromatic nitrogens is 2. The van der Waals surface area contributed by atoms with E-state index in [1.54, 1.807) is 24.2 Å². The summed E-state index contributed by atoms with van der Waals surface area (Å²) in [6.45, 7) is 2.47. The normalized spacial score (nSPS) is 20.0. The van der Waals surface area contributed by atoms with Crippen LogP contribution in [-0.2, 0) is 19.1 Å². The lowest BCUT2D eigenvalue weighted by Gasteiger charge is -2.36. The molecule has 12 heteroatoms.